The molecular weight excluding hydrogens is 332 g/mol. The number of nitrogens with zero attached hydrogens (tertiary/aromatic N) is 1. The molecule has 2 N–H and O–H groups in total. The molecule has 0 aliphatic heterocycles. The first-order valence-corrected chi connectivity index (χ1v) is 6.48. The number of carbonyl (C=O) groups is 1. The van der Waals surface area contributed by atoms with E-state index in [0.29, 0.717) is 17.9 Å². The van der Waals surface area contributed by atoms with Crippen LogP contribution in [-0.4, -0.2) is 30.4 Å². The van der Waals surface area contributed by atoms with Gasteiger partial charge in [0, 0.05) is 29.5 Å². The van der Waals surface area contributed by atoms with E-state index in [0.717, 1.165) is 9.86 Å². The first-order valence-electron chi connectivity index (χ1n) is 5.69. The average molecular weight is 348 g/mol. The number of rotatable bonds is 3. The van der Waals surface area contributed by atoms with Crippen LogP contribution in [0.15, 0.2) is 33.2 Å². The minimum absolute atomic E-state index is 0. The van der Waals surface area contributed by atoms with Gasteiger partial charge in [-0.15, -0.1) is 12.4 Å². The molecule has 0 saturated carbocycles. The Labute approximate surface area is 126 Å². The molecule has 0 aliphatic rings. The van der Waals surface area contributed by atoms with Crippen molar-refractivity contribution in [3.63, 3.8) is 0 Å². The topological polar surface area (TPSA) is 59.5 Å². The molecule has 6 heteroatoms. The van der Waals surface area contributed by atoms with Crippen molar-refractivity contribution in [2.45, 2.75) is 13.0 Å². The van der Waals surface area contributed by atoms with Gasteiger partial charge in [-0.25, -0.2) is 0 Å². The number of halogens is 2. The van der Waals surface area contributed by atoms with Crippen molar-refractivity contribution < 1.29 is 9.21 Å². The van der Waals surface area contributed by atoms with Crippen molar-refractivity contribution in [1.29, 1.82) is 0 Å². The smallest absolute Gasteiger partial charge is 0.289 e. The molecule has 2 rings (SSSR count). The lowest BCUT2D eigenvalue weighted by molar-refractivity contribution is 0.0718. The molecule has 1 amide bonds. The summed E-state index contributed by atoms with van der Waals surface area (Å²) in [6.07, 6.45) is 0. The predicted molar refractivity (Wildman–Crippen MR) is 81.8 cm³/mol. The van der Waals surface area contributed by atoms with Crippen LogP contribution in [0.3, 0.4) is 0 Å². The molecule has 1 unspecified atom stereocenters. The number of hydrogen-bond acceptors (Lipinski definition) is 3. The van der Waals surface area contributed by atoms with Gasteiger partial charge in [-0.3, -0.25) is 4.79 Å². The van der Waals surface area contributed by atoms with Gasteiger partial charge < -0.3 is 15.1 Å². The number of fused-ring (bicyclic) bond motifs is 1. The maximum atomic E-state index is 12.2. The van der Waals surface area contributed by atoms with E-state index in [1.807, 2.05) is 25.1 Å². The van der Waals surface area contributed by atoms with Crippen LogP contribution in [0, 0.1) is 0 Å². The molecule has 1 aromatic carbocycles. The molecule has 1 aromatic heterocycles. The Balaban J connectivity index is 0.00000180. The van der Waals surface area contributed by atoms with E-state index in [-0.39, 0.29) is 24.4 Å². The number of nitrogens with two attached hydrogens (primary N) is 1. The highest BCUT2D eigenvalue weighted by Crippen LogP contribution is 2.24. The van der Waals surface area contributed by atoms with Gasteiger partial charge in [0.05, 0.1) is 0 Å². The Morgan fingerprint density at radius 1 is 1.47 bits per heavy atom. The lowest BCUT2D eigenvalue weighted by Crippen LogP contribution is -2.39. The van der Waals surface area contributed by atoms with Crippen LogP contribution in [0.2, 0.25) is 0 Å². The molecule has 0 radical (unpaired) electrons. The van der Waals surface area contributed by atoms with Crippen LogP contribution in [0.4, 0.5) is 0 Å². The number of furan rings is 1. The van der Waals surface area contributed by atoms with Crippen molar-refractivity contribution >= 4 is 45.2 Å². The fraction of sp³-hybridized carbons (Fsp3) is 0.308. The quantitative estimate of drug-likeness (QED) is 0.928. The summed E-state index contributed by atoms with van der Waals surface area (Å²) in [6, 6.07) is 7.37. The highest BCUT2D eigenvalue weighted by Gasteiger charge is 2.20. The number of likely N-dealkylation sites (N-methyl/N-ethyl adjacent to an activating group) is 1. The fourth-order valence-electron chi connectivity index (χ4n) is 1.65. The third-order valence-electron chi connectivity index (χ3n) is 3.01. The standard InChI is InChI=1S/C13H15BrN2O2.ClH/c1-8(7-15)16(2)13(17)12-6-9-5-10(14)3-4-11(9)18-12;/h3-6,8H,7,15H2,1-2H3;1H. The summed E-state index contributed by atoms with van der Waals surface area (Å²) in [5, 5.41) is 0.904. The first-order chi connectivity index (χ1) is 8.52. The zero-order valence-electron chi connectivity index (χ0n) is 10.7. The zero-order chi connectivity index (χ0) is 13.3. The van der Waals surface area contributed by atoms with Crippen LogP contribution < -0.4 is 5.73 Å². The molecule has 0 spiro atoms. The summed E-state index contributed by atoms with van der Waals surface area (Å²) in [7, 11) is 1.73. The summed E-state index contributed by atoms with van der Waals surface area (Å²) < 4.78 is 6.50. The maximum Gasteiger partial charge on any atom is 0.289 e. The van der Waals surface area contributed by atoms with Gasteiger partial charge in [0.2, 0.25) is 0 Å². The molecule has 1 heterocycles. The summed E-state index contributed by atoms with van der Waals surface area (Å²) >= 11 is 3.39. The molecule has 19 heavy (non-hydrogen) atoms. The van der Waals surface area contributed by atoms with Crippen molar-refractivity contribution in [3.05, 3.63) is 34.5 Å². The SMILES string of the molecule is CC(CN)N(C)C(=O)c1cc2cc(Br)ccc2o1.Cl. The van der Waals surface area contributed by atoms with Gasteiger partial charge in [0.25, 0.3) is 5.91 Å². The average Bonchev–Trinajstić information content (AvgIpc) is 2.78. The van der Waals surface area contributed by atoms with E-state index in [1.54, 1.807) is 18.0 Å². The Morgan fingerprint density at radius 3 is 2.79 bits per heavy atom. The van der Waals surface area contributed by atoms with Crippen LogP contribution in [0.5, 0.6) is 0 Å². The van der Waals surface area contributed by atoms with Gasteiger partial charge in [-0.2, -0.15) is 0 Å². The number of hydrogen-bond donors (Lipinski definition) is 1. The Bertz CT molecular complexity index is 585. The number of benzene rings is 1. The van der Waals surface area contributed by atoms with Gasteiger partial charge in [-0.1, -0.05) is 15.9 Å². The molecule has 4 nitrogen and oxygen atoms in total. The number of amides is 1. The predicted octanol–water partition coefficient (Wildman–Crippen LogP) is 3.04. The molecule has 1 atom stereocenters. The van der Waals surface area contributed by atoms with Crippen molar-refractivity contribution in [2.75, 3.05) is 13.6 Å². The van der Waals surface area contributed by atoms with Crippen LogP contribution in [-0.2, 0) is 0 Å². The second-order valence-electron chi connectivity index (χ2n) is 4.29. The van der Waals surface area contributed by atoms with Crippen LogP contribution in [0.1, 0.15) is 17.5 Å². The third kappa shape index (κ3) is 3.29. The highest BCUT2D eigenvalue weighted by molar-refractivity contribution is 9.10. The lowest BCUT2D eigenvalue weighted by atomic mass is 10.2. The molecule has 104 valence electrons. The van der Waals surface area contributed by atoms with E-state index in [9.17, 15) is 4.79 Å². The fourth-order valence-corrected chi connectivity index (χ4v) is 2.03. The highest BCUT2D eigenvalue weighted by atomic mass is 79.9. The van der Waals surface area contributed by atoms with Crippen molar-refractivity contribution in [3.8, 4) is 0 Å². The molecule has 2 aromatic rings. The largest absolute Gasteiger partial charge is 0.451 e. The Hall–Kier alpha value is -1.04. The van der Waals surface area contributed by atoms with Gasteiger partial charge in [-0.05, 0) is 31.2 Å². The Morgan fingerprint density at radius 2 is 2.16 bits per heavy atom. The maximum absolute atomic E-state index is 12.2. The normalized spacial score (nSPS) is 12.0. The van der Waals surface area contributed by atoms with Gasteiger partial charge in [0.15, 0.2) is 5.76 Å². The minimum Gasteiger partial charge on any atom is -0.451 e. The third-order valence-corrected chi connectivity index (χ3v) is 3.50. The van der Waals surface area contributed by atoms with E-state index in [2.05, 4.69) is 15.9 Å². The van der Waals surface area contributed by atoms with Crippen molar-refractivity contribution in [2.24, 2.45) is 5.73 Å². The zero-order valence-corrected chi connectivity index (χ0v) is 13.1. The monoisotopic (exact) mass is 346 g/mol. The van der Waals surface area contributed by atoms with Crippen LogP contribution >= 0.6 is 28.3 Å². The minimum atomic E-state index is -0.153. The molecule has 0 saturated heterocycles. The summed E-state index contributed by atoms with van der Waals surface area (Å²) in [5.74, 6) is 0.186. The molecule has 0 aliphatic carbocycles. The van der Waals surface area contributed by atoms with E-state index >= 15 is 0 Å². The summed E-state index contributed by atoms with van der Waals surface area (Å²) in [4.78, 5) is 13.8. The molecule has 0 fully saturated rings. The second kappa shape index (κ2) is 6.41. The van der Waals surface area contributed by atoms with Crippen LogP contribution in [0.25, 0.3) is 11.0 Å². The summed E-state index contributed by atoms with van der Waals surface area (Å²) in [5.41, 5.74) is 6.26. The van der Waals surface area contributed by atoms with E-state index in [4.69, 9.17) is 10.2 Å². The first kappa shape index (κ1) is 16.0. The van der Waals surface area contributed by atoms with Gasteiger partial charge in [0.1, 0.15) is 5.58 Å². The summed E-state index contributed by atoms with van der Waals surface area (Å²) in [6.45, 7) is 2.32. The van der Waals surface area contributed by atoms with E-state index in [1.165, 1.54) is 0 Å². The molecule has 0 bridgehead atoms. The van der Waals surface area contributed by atoms with E-state index < -0.39 is 0 Å². The Kier molecular flexibility index (Phi) is 5.40. The number of carbonyl (C=O) groups excluding carboxylic acids is 1. The van der Waals surface area contributed by atoms with Crippen molar-refractivity contribution in [1.82, 2.24) is 4.90 Å². The van der Waals surface area contributed by atoms with Gasteiger partial charge >= 0.3 is 0 Å². The second-order valence-corrected chi connectivity index (χ2v) is 5.21. The lowest BCUT2D eigenvalue weighted by Gasteiger charge is -2.22. The molecular formula is C13H16BrClN2O2.